The van der Waals surface area contributed by atoms with E-state index in [9.17, 15) is 4.79 Å². The summed E-state index contributed by atoms with van der Waals surface area (Å²) in [6.45, 7) is 5.94. The van der Waals surface area contributed by atoms with Crippen molar-refractivity contribution < 1.29 is 9.53 Å². The SMILES string of the molecule is CC(C)(C)OC(=O)Nc1cc(/C=C/CN)ccc1Br. The fraction of sp³-hybridized carbons (Fsp3) is 0.357. The molecule has 1 aromatic rings. The molecule has 0 atom stereocenters. The highest BCUT2D eigenvalue weighted by Gasteiger charge is 2.16. The van der Waals surface area contributed by atoms with Gasteiger partial charge in [0.25, 0.3) is 0 Å². The molecular formula is C14H19BrN2O2. The standard InChI is InChI=1S/C14H19BrN2O2/c1-14(2,3)19-13(18)17-12-9-10(5-4-8-16)6-7-11(12)15/h4-7,9H,8,16H2,1-3H3,(H,17,18)/b5-4+. The Kier molecular flexibility index (Phi) is 5.57. The number of benzene rings is 1. The fourth-order valence-corrected chi connectivity index (χ4v) is 1.71. The maximum atomic E-state index is 11.7. The second kappa shape index (κ2) is 6.73. The number of nitrogens with one attached hydrogen (secondary N) is 1. The molecule has 0 fully saturated rings. The second-order valence-corrected chi connectivity index (χ2v) is 5.86. The Morgan fingerprint density at radius 1 is 1.47 bits per heavy atom. The van der Waals surface area contributed by atoms with Crippen molar-refractivity contribution >= 4 is 33.8 Å². The monoisotopic (exact) mass is 326 g/mol. The summed E-state index contributed by atoms with van der Waals surface area (Å²) < 4.78 is 6.00. The summed E-state index contributed by atoms with van der Waals surface area (Å²) in [5.74, 6) is 0. The number of hydrogen-bond donors (Lipinski definition) is 2. The van der Waals surface area contributed by atoms with Gasteiger partial charge in [0.05, 0.1) is 5.69 Å². The first kappa shape index (κ1) is 15.7. The molecule has 104 valence electrons. The highest BCUT2D eigenvalue weighted by molar-refractivity contribution is 9.10. The lowest BCUT2D eigenvalue weighted by Crippen LogP contribution is -2.27. The van der Waals surface area contributed by atoms with Crippen LogP contribution in [0.1, 0.15) is 26.3 Å². The van der Waals surface area contributed by atoms with E-state index in [2.05, 4.69) is 21.2 Å². The van der Waals surface area contributed by atoms with Crippen molar-refractivity contribution in [2.24, 2.45) is 5.73 Å². The summed E-state index contributed by atoms with van der Waals surface area (Å²) >= 11 is 3.39. The van der Waals surface area contributed by atoms with Gasteiger partial charge in [0, 0.05) is 11.0 Å². The van der Waals surface area contributed by atoms with Gasteiger partial charge in [-0.3, -0.25) is 5.32 Å². The van der Waals surface area contributed by atoms with Crippen LogP contribution in [0.4, 0.5) is 10.5 Å². The first-order valence-corrected chi connectivity index (χ1v) is 6.77. The molecule has 1 amide bonds. The minimum Gasteiger partial charge on any atom is -0.444 e. The molecule has 1 aromatic carbocycles. The second-order valence-electron chi connectivity index (χ2n) is 5.00. The van der Waals surface area contributed by atoms with Gasteiger partial charge in [-0.2, -0.15) is 0 Å². The van der Waals surface area contributed by atoms with E-state index in [1.807, 2.05) is 51.1 Å². The van der Waals surface area contributed by atoms with Gasteiger partial charge in [0.2, 0.25) is 0 Å². The number of nitrogens with two attached hydrogens (primary N) is 1. The minimum absolute atomic E-state index is 0.477. The van der Waals surface area contributed by atoms with Gasteiger partial charge in [-0.1, -0.05) is 18.2 Å². The average Bonchev–Trinajstić information content (AvgIpc) is 2.27. The lowest BCUT2D eigenvalue weighted by molar-refractivity contribution is 0.0636. The van der Waals surface area contributed by atoms with Crippen molar-refractivity contribution in [3.63, 3.8) is 0 Å². The lowest BCUT2D eigenvalue weighted by atomic mass is 10.2. The number of halogens is 1. The number of rotatable bonds is 3. The highest BCUT2D eigenvalue weighted by Crippen LogP contribution is 2.25. The van der Waals surface area contributed by atoms with Gasteiger partial charge >= 0.3 is 6.09 Å². The Morgan fingerprint density at radius 2 is 2.16 bits per heavy atom. The Labute approximate surface area is 122 Å². The largest absolute Gasteiger partial charge is 0.444 e. The summed E-state index contributed by atoms with van der Waals surface area (Å²) in [6.07, 6.45) is 3.26. The fourth-order valence-electron chi connectivity index (χ4n) is 1.36. The van der Waals surface area contributed by atoms with Gasteiger partial charge in [-0.05, 0) is 54.4 Å². The smallest absolute Gasteiger partial charge is 0.412 e. The van der Waals surface area contributed by atoms with E-state index in [1.165, 1.54) is 0 Å². The van der Waals surface area contributed by atoms with E-state index in [4.69, 9.17) is 10.5 Å². The molecule has 0 heterocycles. The zero-order valence-corrected chi connectivity index (χ0v) is 13.0. The molecular weight excluding hydrogens is 308 g/mol. The third-order valence-electron chi connectivity index (χ3n) is 2.07. The van der Waals surface area contributed by atoms with Crippen LogP contribution in [0.5, 0.6) is 0 Å². The molecule has 5 heteroatoms. The molecule has 4 nitrogen and oxygen atoms in total. The quantitative estimate of drug-likeness (QED) is 0.888. The molecule has 0 unspecified atom stereocenters. The van der Waals surface area contributed by atoms with Crippen LogP contribution in [0, 0.1) is 0 Å². The first-order chi connectivity index (χ1) is 8.81. The maximum Gasteiger partial charge on any atom is 0.412 e. The molecule has 0 radical (unpaired) electrons. The molecule has 3 N–H and O–H groups in total. The minimum atomic E-state index is -0.520. The van der Waals surface area contributed by atoms with E-state index < -0.39 is 11.7 Å². The molecule has 1 rings (SSSR count). The summed E-state index contributed by atoms with van der Waals surface area (Å²) in [7, 11) is 0. The van der Waals surface area contributed by atoms with E-state index in [1.54, 1.807) is 0 Å². The molecule has 0 bridgehead atoms. The molecule has 0 saturated heterocycles. The maximum absolute atomic E-state index is 11.7. The van der Waals surface area contributed by atoms with Crippen LogP contribution in [-0.2, 0) is 4.74 Å². The predicted octanol–water partition coefficient (Wildman–Crippen LogP) is 3.77. The van der Waals surface area contributed by atoms with Crippen LogP contribution in [0.25, 0.3) is 6.08 Å². The normalized spacial score (nSPS) is 11.6. The Morgan fingerprint density at radius 3 is 2.74 bits per heavy atom. The highest BCUT2D eigenvalue weighted by atomic mass is 79.9. The van der Waals surface area contributed by atoms with Crippen molar-refractivity contribution in [3.8, 4) is 0 Å². The van der Waals surface area contributed by atoms with Gasteiger partial charge in [-0.15, -0.1) is 0 Å². The molecule has 0 aliphatic rings. The molecule has 0 aromatic heterocycles. The first-order valence-electron chi connectivity index (χ1n) is 5.98. The third-order valence-corrected chi connectivity index (χ3v) is 2.76. The molecule has 19 heavy (non-hydrogen) atoms. The van der Waals surface area contributed by atoms with E-state index >= 15 is 0 Å². The number of amides is 1. The van der Waals surface area contributed by atoms with Crippen LogP contribution >= 0.6 is 15.9 Å². The van der Waals surface area contributed by atoms with Crippen molar-refractivity contribution in [1.29, 1.82) is 0 Å². The Bertz CT molecular complexity index is 479. The van der Waals surface area contributed by atoms with E-state index in [0.717, 1.165) is 10.0 Å². The van der Waals surface area contributed by atoms with Crippen molar-refractivity contribution in [1.82, 2.24) is 0 Å². The summed E-state index contributed by atoms with van der Waals surface area (Å²) in [5, 5.41) is 2.71. The number of ether oxygens (including phenoxy) is 1. The molecule has 0 spiro atoms. The van der Waals surface area contributed by atoms with Crippen molar-refractivity contribution in [2.75, 3.05) is 11.9 Å². The van der Waals surface area contributed by atoms with Crippen LogP contribution in [-0.4, -0.2) is 18.2 Å². The summed E-state index contributed by atoms with van der Waals surface area (Å²) in [6, 6.07) is 5.64. The average molecular weight is 327 g/mol. The van der Waals surface area contributed by atoms with E-state index in [-0.39, 0.29) is 0 Å². The number of carbonyl (C=O) groups is 1. The Hall–Kier alpha value is -1.33. The van der Waals surface area contributed by atoms with E-state index in [0.29, 0.717) is 12.2 Å². The molecule has 0 saturated carbocycles. The van der Waals surface area contributed by atoms with Crippen LogP contribution < -0.4 is 11.1 Å². The zero-order chi connectivity index (χ0) is 14.5. The van der Waals surface area contributed by atoms with Gasteiger partial charge in [0.15, 0.2) is 0 Å². The van der Waals surface area contributed by atoms with Gasteiger partial charge < -0.3 is 10.5 Å². The summed E-state index contributed by atoms with van der Waals surface area (Å²) in [4.78, 5) is 11.7. The number of hydrogen-bond acceptors (Lipinski definition) is 3. The lowest BCUT2D eigenvalue weighted by Gasteiger charge is -2.20. The zero-order valence-electron chi connectivity index (χ0n) is 11.4. The van der Waals surface area contributed by atoms with Gasteiger partial charge in [-0.25, -0.2) is 4.79 Å². The van der Waals surface area contributed by atoms with Crippen molar-refractivity contribution in [2.45, 2.75) is 26.4 Å². The topological polar surface area (TPSA) is 64.3 Å². The third kappa shape index (κ3) is 5.89. The Balaban J connectivity index is 2.82. The molecule has 0 aliphatic carbocycles. The number of carbonyl (C=O) groups excluding carboxylic acids is 1. The van der Waals surface area contributed by atoms with Crippen LogP contribution in [0.15, 0.2) is 28.7 Å². The number of anilines is 1. The predicted molar refractivity (Wildman–Crippen MR) is 82.1 cm³/mol. The van der Waals surface area contributed by atoms with Crippen molar-refractivity contribution in [3.05, 3.63) is 34.3 Å². The van der Waals surface area contributed by atoms with Crippen LogP contribution in [0.3, 0.4) is 0 Å². The molecule has 0 aliphatic heterocycles. The summed E-state index contributed by atoms with van der Waals surface area (Å²) in [5.41, 5.74) is 6.51. The van der Waals surface area contributed by atoms with Gasteiger partial charge in [0.1, 0.15) is 5.60 Å². The van der Waals surface area contributed by atoms with Crippen LogP contribution in [0.2, 0.25) is 0 Å².